The normalized spacial score (nSPS) is 21.0. The molecule has 2 aliphatic heterocycles. The van der Waals surface area contributed by atoms with Gasteiger partial charge in [-0.05, 0) is 36.8 Å². The summed E-state index contributed by atoms with van der Waals surface area (Å²) in [6.45, 7) is 1.68. The van der Waals surface area contributed by atoms with E-state index < -0.39 is 24.3 Å². The zero-order valence-corrected chi connectivity index (χ0v) is 19.3. The number of carbonyl (C=O) groups is 1. The fourth-order valence-corrected chi connectivity index (χ4v) is 4.98. The topological polar surface area (TPSA) is 114 Å². The first-order chi connectivity index (χ1) is 16.0. The predicted molar refractivity (Wildman–Crippen MR) is 120 cm³/mol. The third-order valence-electron chi connectivity index (χ3n) is 6.29. The molecule has 1 spiro atoms. The molecular weight excluding hydrogens is 498 g/mol. The predicted octanol–water partition coefficient (Wildman–Crippen LogP) is 4.08. The molecule has 1 aromatic carbocycles. The summed E-state index contributed by atoms with van der Waals surface area (Å²) in [6, 6.07) is 4.39. The van der Waals surface area contributed by atoms with Crippen molar-refractivity contribution in [3.05, 3.63) is 39.9 Å². The number of hydrogen-bond donors (Lipinski definition) is 3. The Balaban J connectivity index is 1.52. The highest BCUT2D eigenvalue weighted by atomic mass is 35.5. The molecule has 3 heterocycles. The molecule has 4 N–H and O–H groups in total. The van der Waals surface area contributed by atoms with Crippen LogP contribution in [-0.4, -0.2) is 52.9 Å². The third-order valence-corrected chi connectivity index (χ3v) is 6.86. The molecule has 2 saturated heterocycles. The van der Waals surface area contributed by atoms with E-state index in [-0.39, 0.29) is 32.9 Å². The molecule has 2 atom stereocenters. The van der Waals surface area contributed by atoms with E-state index in [1.165, 1.54) is 18.2 Å². The van der Waals surface area contributed by atoms with Crippen LogP contribution in [0.15, 0.2) is 24.3 Å². The highest BCUT2D eigenvalue weighted by Gasteiger charge is 2.45. The number of hydrogen-bond acceptors (Lipinski definition) is 7. The van der Waals surface area contributed by atoms with Gasteiger partial charge in [-0.15, -0.1) is 0 Å². The van der Waals surface area contributed by atoms with Gasteiger partial charge in [0.15, 0.2) is 0 Å². The Morgan fingerprint density at radius 2 is 1.97 bits per heavy atom. The number of piperidine rings is 1. The number of rotatable bonds is 5. The number of benzene rings is 1. The number of alkyl halides is 3. The standard InChI is InChI=1S/C21H22Cl2F3N5O3/c22-11-1-2-12(13(23)7-11)17(21(24,25)26)34-16-8-15(29-19(27)30-16)31-5-3-20(4-6-31)9-14(18(32)33)28-10-20/h1-2,7-8,14,17,28H,3-6,9-10H2,(H,32,33)(H2,27,29,30)/t14?,17-/m1/s1. The minimum Gasteiger partial charge on any atom is -0.480 e. The Labute approximate surface area is 203 Å². The first-order valence-corrected chi connectivity index (χ1v) is 11.3. The van der Waals surface area contributed by atoms with Crippen LogP contribution in [0.2, 0.25) is 10.0 Å². The van der Waals surface area contributed by atoms with Crippen molar-refractivity contribution in [3.63, 3.8) is 0 Å². The molecule has 184 valence electrons. The van der Waals surface area contributed by atoms with Crippen molar-refractivity contribution in [2.75, 3.05) is 30.3 Å². The van der Waals surface area contributed by atoms with Crippen molar-refractivity contribution in [2.24, 2.45) is 5.41 Å². The lowest BCUT2D eigenvalue weighted by Gasteiger charge is -2.39. The second kappa shape index (κ2) is 9.27. The quantitative estimate of drug-likeness (QED) is 0.541. The third kappa shape index (κ3) is 5.26. The highest BCUT2D eigenvalue weighted by molar-refractivity contribution is 6.35. The lowest BCUT2D eigenvalue weighted by molar-refractivity contribution is -0.198. The number of nitrogens with two attached hydrogens (primary N) is 1. The van der Waals surface area contributed by atoms with Gasteiger partial charge in [-0.3, -0.25) is 4.79 Å². The second-order valence-corrected chi connectivity index (χ2v) is 9.43. The van der Waals surface area contributed by atoms with Crippen molar-refractivity contribution in [1.82, 2.24) is 15.3 Å². The molecule has 0 saturated carbocycles. The fourth-order valence-electron chi connectivity index (χ4n) is 4.48. The van der Waals surface area contributed by atoms with Crippen molar-refractivity contribution in [3.8, 4) is 5.88 Å². The molecule has 2 aromatic rings. The van der Waals surface area contributed by atoms with E-state index in [1.807, 2.05) is 4.90 Å². The smallest absolute Gasteiger partial charge is 0.429 e. The van der Waals surface area contributed by atoms with E-state index in [0.29, 0.717) is 44.7 Å². The number of nitrogen functional groups attached to an aromatic ring is 1. The van der Waals surface area contributed by atoms with Crippen LogP contribution in [-0.2, 0) is 4.79 Å². The summed E-state index contributed by atoms with van der Waals surface area (Å²) in [4.78, 5) is 21.1. The molecular formula is C21H22Cl2F3N5O3. The average Bonchev–Trinajstić information content (AvgIpc) is 3.16. The number of nitrogens with zero attached hydrogens (tertiary/aromatic N) is 3. The van der Waals surface area contributed by atoms with Crippen LogP contribution in [0.4, 0.5) is 24.9 Å². The van der Waals surface area contributed by atoms with Crippen LogP contribution in [0.1, 0.15) is 30.9 Å². The average molecular weight is 520 g/mol. The van der Waals surface area contributed by atoms with E-state index in [0.717, 1.165) is 6.07 Å². The molecule has 2 fully saturated rings. The van der Waals surface area contributed by atoms with Gasteiger partial charge in [0.25, 0.3) is 0 Å². The summed E-state index contributed by atoms with van der Waals surface area (Å²) >= 11 is 11.8. The molecule has 1 unspecified atom stereocenters. The largest absolute Gasteiger partial charge is 0.480 e. The van der Waals surface area contributed by atoms with Crippen LogP contribution in [0.25, 0.3) is 0 Å². The molecule has 4 rings (SSSR count). The maximum absolute atomic E-state index is 13.8. The zero-order chi connectivity index (χ0) is 24.7. The highest BCUT2D eigenvalue weighted by Crippen LogP contribution is 2.42. The van der Waals surface area contributed by atoms with Crippen LogP contribution in [0.5, 0.6) is 5.88 Å². The van der Waals surface area contributed by atoms with Crippen LogP contribution in [0.3, 0.4) is 0 Å². The van der Waals surface area contributed by atoms with Crippen LogP contribution < -0.4 is 20.7 Å². The Bertz CT molecular complexity index is 1080. The molecule has 1 aromatic heterocycles. The second-order valence-electron chi connectivity index (χ2n) is 8.59. The summed E-state index contributed by atoms with van der Waals surface area (Å²) in [5.41, 5.74) is 5.34. The SMILES string of the molecule is Nc1nc(O[C@H](c2ccc(Cl)cc2Cl)C(F)(F)F)cc(N2CCC3(CC2)CNC(C(=O)O)C3)n1. The maximum Gasteiger partial charge on any atom is 0.429 e. The molecule has 34 heavy (non-hydrogen) atoms. The number of aliphatic carboxylic acids is 1. The van der Waals surface area contributed by atoms with Gasteiger partial charge in [-0.2, -0.15) is 23.1 Å². The Hall–Kier alpha value is -2.50. The van der Waals surface area contributed by atoms with E-state index >= 15 is 0 Å². The summed E-state index contributed by atoms with van der Waals surface area (Å²) in [5, 5.41) is 12.3. The fraction of sp³-hybridized carbons (Fsp3) is 0.476. The first kappa shape index (κ1) is 24.6. The van der Waals surface area contributed by atoms with Gasteiger partial charge in [0, 0.05) is 41.3 Å². The number of carboxylic acids is 1. The first-order valence-electron chi connectivity index (χ1n) is 10.5. The van der Waals surface area contributed by atoms with E-state index in [2.05, 4.69) is 15.3 Å². The van der Waals surface area contributed by atoms with E-state index in [9.17, 15) is 23.1 Å². The number of carboxylic acid groups (broad SMARTS) is 1. The minimum atomic E-state index is -4.79. The van der Waals surface area contributed by atoms with Gasteiger partial charge in [0.1, 0.15) is 11.9 Å². The Morgan fingerprint density at radius 1 is 1.26 bits per heavy atom. The lowest BCUT2D eigenvalue weighted by atomic mass is 9.76. The maximum atomic E-state index is 13.8. The van der Waals surface area contributed by atoms with Crippen molar-refractivity contribution >= 4 is 40.9 Å². The van der Waals surface area contributed by atoms with E-state index in [1.54, 1.807) is 0 Å². The minimum absolute atomic E-state index is 0.135. The van der Waals surface area contributed by atoms with Crippen molar-refractivity contribution in [1.29, 1.82) is 0 Å². The number of anilines is 2. The molecule has 0 amide bonds. The Morgan fingerprint density at radius 3 is 2.56 bits per heavy atom. The summed E-state index contributed by atoms with van der Waals surface area (Å²) in [7, 11) is 0. The van der Waals surface area contributed by atoms with Crippen molar-refractivity contribution in [2.45, 2.75) is 37.6 Å². The van der Waals surface area contributed by atoms with Crippen LogP contribution >= 0.6 is 23.2 Å². The van der Waals surface area contributed by atoms with Crippen molar-refractivity contribution < 1.29 is 27.8 Å². The molecule has 0 bridgehead atoms. The molecule has 8 nitrogen and oxygen atoms in total. The number of nitrogens with one attached hydrogen (secondary N) is 1. The van der Waals surface area contributed by atoms with Gasteiger partial charge >= 0.3 is 12.1 Å². The number of aromatic nitrogens is 2. The summed E-state index contributed by atoms with van der Waals surface area (Å²) in [5.74, 6) is -1.11. The number of ether oxygens (including phenoxy) is 1. The zero-order valence-electron chi connectivity index (χ0n) is 17.8. The Kier molecular flexibility index (Phi) is 6.71. The van der Waals surface area contributed by atoms with Gasteiger partial charge in [-0.25, -0.2) is 0 Å². The molecule has 0 aliphatic carbocycles. The van der Waals surface area contributed by atoms with E-state index in [4.69, 9.17) is 33.7 Å². The van der Waals surface area contributed by atoms with Gasteiger partial charge in [0.2, 0.25) is 17.9 Å². The molecule has 13 heteroatoms. The molecule has 2 aliphatic rings. The summed E-state index contributed by atoms with van der Waals surface area (Å²) < 4.78 is 46.8. The monoisotopic (exact) mass is 519 g/mol. The lowest BCUT2D eigenvalue weighted by Crippen LogP contribution is -2.41. The summed E-state index contributed by atoms with van der Waals surface area (Å²) in [6.07, 6.45) is -5.23. The number of halogens is 5. The van der Waals surface area contributed by atoms with Gasteiger partial charge in [0.05, 0.1) is 0 Å². The molecule has 0 radical (unpaired) electrons. The van der Waals surface area contributed by atoms with Crippen LogP contribution in [0, 0.1) is 5.41 Å². The van der Waals surface area contributed by atoms with Gasteiger partial charge < -0.3 is 25.8 Å². The van der Waals surface area contributed by atoms with Gasteiger partial charge in [-0.1, -0.05) is 29.3 Å².